The van der Waals surface area contributed by atoms with Crippen LogP contribution in [0.4, 0.5) is 5.69 Å². The highest BCUT2D eigenvalue weighted by Crippen LogP contribution is 2.17. The lowest BCUT2D eigenvalue weighted by Gasteiger charge is -2.09. The van der Waals surface area contributed by atoms with E-state index in [2.05, 4.69) is 10.0 Å². The van der Waals surface area contributed by atoms with Crippen LogP contribution in [0.5, 0.6) is 5.75 Å². The van der Waals surface area contributed by atoms with E-state index in [-0.39, 0.29) is 23.8 Å². The largest absolute Gasteiger partial charge is 0.494 e. The van der Waals surface area contributed by atoms with Gasteiger partial charge in [0.2, 0.25) is 15.9 Å². The number of nitrogens with one attached hydrogen (secondary N) is 2. The van der Waals surface area contributed by atoms with Gasteiger partial charge in [0.15, 0.2) is 0 Å². The normalized spacial score (nSPS) is 11.2. The van der Waals surface area contributed by atoms with Crippen LogP contribution in [0.3, 0.4) is 0 Å². The van der Waals surface area contributed by atoms with Crippen molar-refractivity contribution in [2.45, 2.75) is 24.8 Å². The van der Waals surface area contributed by atoms with E-state index in [1.165, 1.54) is 18.4 Å². The van der Waals surface area contributed by atoms with E-state index in [0.717, 1.165) is 11.3 Å². The second-order valence-electron chi connectivity index (χ2n) is 6.23. The maximum atomic E-state index is 12.5. The van der Waals surface area contributed by atoms with Crippen LogP contribution in [-0.2, 0) is 27.8 Å². The van der Waals surface area contributed by atoms with E-state index in [1.807, 2.05) is 31.2 Å². The van der Waals surface area contributed by atoms with Crippen molar-refractivity contribution in [3.8, 4) is 5.75 Å². The van der Waals surface area contributed by atoms with E-state index in [4.69, 9.17) is 9.15 Å². The molecule has 2 aromatic carbocycles. The summed E-state index contributed by atoms with van der Waals surface area (Å²) < 4.78 is 37.9. The van der Waals surface area contributed by atoms with E-state index >= 15 is 0 Å². The molecule has 8 heteroatoms. The highest BCUT2D eigenvalue weighted by molar-refractivity contribution is 7.89. The lowest BCUT2D eigenvalue weighted by atomic mass is 10.1. The predicted octanol–water partition coefficient (Wildman–Crippen LogP) is 3.34. The van der Waals surface area contributed by atoms with Crippen molar-refractivity contribution in [3.63, 3.8) is 0 Å². The van der Waals surface area contributed by atoms with Crippen LogP contribution < -0.4 is 14.8 Å². The molecular formula is C21H22N2O5S. The Hall–Kier alpha value is -3.10. The molecule has 0 radical (unpaired) electrons. The molecule has 1 aromatic heterocycles. The third-order valence-electron chi connectivity index (χ3n) is 4.04. The molecule has 0 atom stereocenters. The number of hydrogen-bond acceptors (Lipinski definition) is 5. The molecular weight excluding hydrogens is 392 g/mol. The smallest absolute Gasteiger partial charge is 0.241 e. The first kappa shape index (κ1) is 20.6. The fourth-order valence-electron chi connectivity index (χ4n) is 2.66. The van der Waals surface area contributed by atoms with Crippen LogP contribution in [-0.4, -0.2) is 20.9 Å². The minimum atomic E-state index is -3.74. The number of anilines is 1. The van der Waals surface area contributed by atoms with Gasteiger partial charge in [-0.15, -0.1) is 0 Å². The third kappa shape index (κ3) is 5.94. The van der Waals surface area contributed by atoms with E-state index in [1.54, 1.807) is 24.3 Å². The molecule has 0 bridgehead atoms. The number of benzene rings is 2. The van der Waals surface area contributed by atoms with Crippen LogP contribution in [0, 0.1) is 0 Å². The van der Waals surface area contributed by atoms with Gasteiger partial charge in [0.05, 0.1) is 30.7 Å². The molecule has 0 spiro atoms. The van der Waals surface area contributed by atoms with Crippen LogP contribution in [0.25, 0.3) is 0 Å². The predicted molar refractivity (Wildman–Crippen MR) is 109 cm³/mol. The molecule has 0 aliphatic heterocycles. The highest BCUT2D eigenvalue weighted by Gasteiger charge is 2.15. The van der Waals surface area contributed by atoms with Gasteiger partial charge in [-0.2, -0.15) is 0 Å². The topological polar surface area (TPSA) is 97.6 Å². The number of rotatable bonds is 9. The third-order valence-corrected chi connectivity index (χ3v) is 5.44. The highest BCUT2D eigenvalue weighted by atomic mass is 32.2. The van der Waals surface area contributed by atoms with Gasteiger partial charge in [0, 0.05) is 5.69 Å². The average Bonchev–Trinajstić information content (AvgIpc) is 3.22. The second-order valence-corrected chi connectivity index (χ2v) is 8.00. The quantitative estimate of drug-likeness (QED) is 0.560. The van der Waals surface area contributed by atoms with Gasteiger partial charge in [-0.05, 0) is 55.0 Å². The van der Waals surface area contributed by atoms with Gasteiger partial charge >= 0.3 is 0 Å². The number of carbonyl (C=O) groups is 1. The maximum Gasteiger partial charge on any atom is 0.241 e. The van der Waals surface area contributed by atoms with E-state index in [9.17, 15) is 13.2 Å². The maximum absolute atomic E-state index is 12.5. The van der Waals surface area contributed by atoms with Crippen molar-refractivity contribution in [1.29, 1.82) is 0 Å². The van der Waals surface area contributed by atoms with Gasteiger partial charge in [-0.25, -0.2) is 13.1 Å². The molecule has 0 saturated carbocycles. The Kier molecular flexibility index (Phi) is 6.69. The minimum Gasteiger partial charge on any atom is -0.494 e. The molecule has 3 aromatic rings. The molecule has 0 saturated heterocycles. The standard InChI is InChI=1S/C21H22N2O5S/c1-2-27-18-10-8-16(9-11-18)13-21(24)23-17-5-3-7-20(14-17)29(25,26)22-15-19-6-4-12-28-19/h3-12,14,22H,2,13,15H2,1H3,(H,23,24). The van der Waals surface area contributed by atoms with Crippen LogP contribution in [0.15, 0.2) is 76.2 Å². The Morgan fingerprint density at radius 2 is 1.86 bits per heavy atom. The van der Waals surface area contributed by atoms with Crippen molar-refractivity contribution >= 4 is 21.6 Å². The Bertz CT molecular complexity index is 1040. The van der Waals surface area contributed by atoms with Gasteiger partial charge in [0.25, 0.3) is 0 Å². The fourth-order valence-corrected chi connectivity index (χ4v) is 3.70. The van der Waals surface area contributed by atoms with E-state index < -0.39 is 10.0 Å². The summed E-state index contributed by atoms with van der Waals surface area (Å²) in [4.78, 5) is 12.4. The summed E-state index contributed by atoms with van der Waals surface area (Å²) >= 11 is 0. The number of furan rings is 1. The zero-order valence-electron chi connectivity index (χ0n) is 15.9. The summed E-state index contributed by atoms with van der Waals surface area (Å²) in [6.45, 7) is 2.53. The molecule has 3 rings (SSSR count). The first-order valence-corrected chi connectivity index (χ1v) is 10.6. The van der Waals surface area contributed by atoms with Crippen molar-refractivity contribution in [3.05, 3.63) is 78.3 Å². The fraction of sp³-hybridized carbons (Fsp3) is 0.190. The first-order valence-electron chi connectivity index (χ1n) is 9.10. The van der Waals surface area contributed by atoms with Crippen LogP contribution in [0.1, 0.15) is 18.2 Å². The molecule has 0 unspecified atom stereocenters. The van der Waals surface area contributed by atoms with Crippen LogP contribution in [0.2, 0.25) is 0 Å². The summed E-state index contributed by atoms with van der Waals surface area (Å²) in [5.74, 6) is 1.01. The molecule has 152 valence electrons. The lowest BCUT2D eigenvalue weighted by Crippen LogP contribution is -2.23. The molecule has 7 nitrogen and oxygen atoms in total. The number of amides is 1. The number of ether oxygens (including phenoxy) is 1. The van der Waals surface area contributed by atoms with Gasteiger partial charge < -0.3 is 14.5 Å². The number of hydrogen-bond donors (Lipinski definition) is 2. The summed E-state index contributed by atoms with van der Waals surface area (Å²) in [6.07, 6.45) is 1.64. The number of carbonyl (C=O) groups excluding carboxylic acids is 1. The zero-order chi connectivity index (χ0) is 20.7. The van der Waals surface area contributed by atoms with E-state index in [0.29, 0.717) is 18.1 Å². The van der Waals surface area contributed by atoms with Crippen LogP contribution >= 0.6 is 0 Å². The Balaban J connectivity index is 1.61. The van der Waals surface area contributed by atoms with Crippen molar-refractivity contribution in [2.75, 3.05) is 11.9 Å². The average molecular weight is 414 g/mol. The van der Waals surface area contributed by atoms with Crippen molar-refractivity contribution < 1.29 is 22.4 Å². The Morgan fingerprint density at radius 3 is 2.55 bits per heavy atom. The SMILES string of the molecule is CCOc1ccc(CC(=O)Nc2cccc(S(=O)(=O)NCc3ccco3)c2)cc1. The lowest BCUT2D eigenvalue weighted by molar-refractivity contribution is -0.115. The van der Waals surface area contributed by atoms with Gasteiger partial charge in [-0.1, -0.05) is 18.2 Å². The summed E-state index contributed by atoms with van der Waals surface area (Å²) in [5.41, 5.74) is 1.23. The molecule has 0 aliphatic carbocycles. The summed E-state index contributed by atoms with van der Waals surface area (Å²) in [7, 11) is -3.74. The first-order chi connectivity index (χ1) is 14.0. The molecule has 29 heavy (non-hydrogen) atoms. The molecule has 0 fully saturated rings. The summed E-state index contributed by atoms with van der Waals surface area (Å²) in [5, 5.41) is 2.73. The minimum absolute atomic E-state index is 0.0453. The van der Waals surface area contributed by atoms with Gasteiger partial charge in [-0.3, -0.25) is 4.79 Å². The molecule has 1 amide bonds. The summed E-state index contributed by atoms with van der Waals surface area (Å²) in [6, 6.07) is 16.7. The van der Waals surface area contributed by atoms with Crippen molar-refractivity contribution in [1.82, 2.24) is 4.72 Å². The Labute approximate surface area is 169 Å². The molecule has 1 heterocycles. The number of sulfonamides is 1. The molecule has 2 N–H and O–H groups in total. The second kappa shape index (κ2) is 9.40. The Morgan fingerprint density at radius 1 is 1.07 bits per heavy atom. The van der Waals surface area contributed by atoms with Gasteiger partial charge in [0.1, 0.15) is 11.5 Å². The monoisotopic (exact) mass is 414 g/mol. The van der Waals surface area contributed by atoms with Crippen molar-refractivity contribution in [2.24, 2.45) is 0 Å². The molecule has 0 aliphatic rings. The zero-order valence-corrected chi connectivity index (χ0v) is 16.7.